The molecule has 2 aromatic rings. The molecule has 0 bridgehead atoms. The SMILES string of the molecule is CCCCN(CC(=O)N1CCS[C@@H]1c1ccccc1Cl)Cc1ccc(C)cc1. The molecule has 1 aliphatic heterocycles. The van der Waals surface area contributed by atoms with Gasteiger partial charge in [-0.25, -0.2) is 0 Å². The van der Waals surface area contributed by atoms with E-state index in [4.69, 9.17) is 11.6 Å². The molecule has 0 N–H and O–H groups in total. The summed E-state index contributed by atoms with van der Waals surface area (Å²) >= 11 is 8.21. The number of rotatable bonds is 8. The summed E-state index contributed by atoms with van der Waals surface area (Å²) in [6, 6.07) is 16.5. The highest BCUT2D eigenvalue weighted by atomic mass is 35.5. The van der Waals surface area contributed by atoms with Crippen molar-refractivity contribution in [3.63, 3.8) is 0 Å². The van der Waals surface area contributed by atoms with E-state index in [0.717, 1.165) is 48.8 Å². The van der Waals surface area contributed by atoms with Crippen molar-refractivity contribution in [2.45, 2.75) is 38.6 Å². The molecule has 1 atom stereocenters. The van der Waals surface area contributed by atoms with Crippen molar-refractivity contribution in [1.29, 1.82) is 0 Å². The molecule has 150 valence electrons. The van der Waals surface area contributed by atoms with E-state index in [1.807, 2.05) is 29.2 Å². The lowest BCUT2D eigenvalue weighted by atomic mass is 10.1. The molecule has 1 aliphatic rings. The number of amides is 1. The Kier molecular flexibility index (Phi) is 7.83. The van der Waals surface area contributed by atoms with E-state index in [1.54, 1.807) is 11.8 Å². The zero-order valence-electron chi connectivity index (χ0n) is 16.7. The molecule has 0 aromatic heterocycles. The van der Waals surface area contributed by atoms with Crippen molar-refractivity contribution in [2.75, 3.05) is 25.4 Å². The van der Waals surface area contributed by atoms with Crippen molar-refractivity contribution in [3.8, 4) is 0 Å². The van der Waals surface area contributed by atoms with E-state index in [1.165, 1.54) is 11.1 Å². The molecule has 5 heteroatoms. The van der Waals surface area contributed by atoms with Crippen LogP contribution in [0.5, 0.6) is 0 Å². The summed E-state index contributed by atoms with van der Waals surface area (Å²) < 4.78 is 0. The lowest BCUT2D eigenvalue weighted by molar-refractivity contribution is -0.132. The Morgan fingerprint density at radius 1 is 1.21 bits per heavy atom. The summed E-state index contributed by atoms with van der Waals surface area (Å²) in [6.07, 6.45) is 2.22. The topological polar surface area (TPSA) is 23.6 Å². The maximum absolute atomic E-state index is 13.2. The minimum absolute atomic E-state index is 0.0219. The average Bonchev–Trinajstić information content (AvgIpc) is 3.18. The molecule has 3 nitrogen and oxygen atoms in total. The molecule has 1 fully saturated rings. The van der Waals surface area contributed by atoms with Crippen LogP contribution in [-0.2, 0) is 11.3 Å². The molecule has 3 rings (SSSR count). The van der Waals surface area contributed by atoms with Crippen molar-refractivity contribution in [3.05, 3.63) is 70.2 Å². The van der Waals surface area contributed by atoms with Gasteiger partial charge in [0.2, 0.25) is 5.91 Å². The van der Waals surface area contributed by atoms with Gasteiger partial charge < -0.3 is 4.90 Å². The minimum Gasteiger partial charge on any atom is -0.325 e. The maximum atomic E-state index is 13.2. The number of nitrogens with zero attached hydrogens (tertiary/aromatic N) is 2. The first-order valence-electron chi connectivity index (χ1n) is 10.0. The van der Waals surface area contributed by atoms with Crippen molar-refractivity contribution in [1.82, 2.24) is 9.80 Å². The molecular formula is C23H29ClN2OS. The maximum Gasteiger partial charge on any atom is 0.237 e. The Morgan fingerprint density at radius 3 is 2.68 bits per heavy atom. The Balaban J connectivity index is 1.69. The van der Waals surface area contributed by atoms with Gasteiger partial charge in [0.1, 0.15) is 5.37 Å². The van der Waals surface area contributed by atoms with Gasteiger partial charge in [0, 0.05) is 29.4 Å². The highest BCUT2D eigenvalue weighted by Gasteiger charge is 2.32. The van der Waals surface area contributed by atoms with Gasteiger partial charge in [-0.1, -0.05) is 73.0 Å². The number of hydrogen-bond acceptors (Lipinski definition) is 3. The Bertz CT molecular complexity index is 780. The van der Waals surface area contributed by atoms with E-state index in [0.29, 0.717) is 6.54 Å². The fourth-order valence-electron chi connectivity index (χ4n) is 3.49. The van der Waals surface area contributed by atoms with Crippen molar-refractivity contribution >= 4 is 29.3 Å². The third-order valence-corrected chi connectivity index (χ3v) is 6.68. The lowest BCUT2D eigenvalue weighted by Crippen LogP contribution is -2.40. The van der Waals surface area contributed by atoms with Gasteiger partial charge in [0.15, 0.2) is 0 Å². The lowest BCUT2D eigenvalue weighted by Gasteiger charge is -2.29. The van der Waals surface area contributed by atoms with Crippen LogP contribution in [0.2, 0.25) is 5.02 Å². The van der Waals surface area contributed by atoms with Crippen LogP contribution in [0.15, 0.2) is 48.5 Å². The third kappa shape index (κ3) is 5.53. The van der Waals surface area contributed by atoms with Gasteiger partial charge in [-0.2, -0.15) is 0 Å². The van der Waals surface area contributed by atoms with Gasteiger partial charge >= 0.3 is 0 Å². The molecule has 1 heterocycles. The number of hydrogen-bond donors (Lipinski definition) is 0. The Labute approximate surface area is 178 Å². The quantitative estimate of drug-likeness (QED) is 0.565. The van der Waals surface area contributed by atoms with Gasteiger partial charge in [-0.3, -0.25) is 9.69 Å². The fraction of sp³-hybridized carbons (Fsp3) is 0.435. The van der Waals surface area contributed by atoms with E-state index >= 15 is 0 Å². The third-order valence-electron chi connectivity index (χ3n) is 5.10. The van der Waals surface area contributed by atoms with Crippen LogP contribution in [-0.4, -0.2) is 41.1 Å². The van der Waals surface area contributed by atoms with Gasteiger partial charge in [-0.15, -0.1) is 11.8 Å². The summed E-state index contributed by atoms with van der Waals surface area (Å²) in [6.45, 7) is 7.27. The highest BCUT2D eigenvalue weighted by molar-refractivity contribution is 7.99. The molecule has 0 spiro atoms. The highest BCUT2D eigenvalue weighted by Crippen LogP contribution is 2.40. The Hall–Kier alpha value is -1.49. The van der Waals surface area contributed by atoms with E-state index in [-0.39, 0.29) is 11.3 Å². The van der Waals surface area contributed by atoms with Crippen LogP contribution in [0.3, 0.4) is 0 Å². The normalized spacial score (nSPS) is 16.7. The number of unbranched alkanes of at least 4 members (excludes halogenated alkanes) is 1. The minimum atomic E-state index is 0.0219. The van der Waals surface area contributed by atoms with Crippen LogP contribution in [0, 0.1) is 6.92 Å². The van der Waals surface area contributed by atoms with Crippen LogP contribution in [0.1, 0.15) is 41.8 Å². The number of aryl methyl sites for hydroxylation is 1. The largest absolute Gasteiger partial charge is 0.325 e. The van der Waals surface area contributed by atoms with E-state index < -0.39 is 0 Å². The van der Waals surface area contributed by atoms with Crippen molar-refractivity contribution < 1.29 is 4.79 Å². The molecule has 2 aromatic carbocycles. The number of halogens is 1. The van der Waals surface area contributed by atoms with E-state index in [9.17, 15) is 4.79 Å². The number of thioether (sulfide) groups is 1. The molecule has 0 radical (unpaired) electrons. The molecule has 1 saturated heterocycles. The average molecular weight is 417 g/mol. The number of benzene rings is 2. The fourth-order valence-corrected chi connectivity index (χ4v) is 5.11. The molecular weight excluding hydrogens is 388 g/mol. The van der Waals surface area contributed by atoms with Crippen LogP contribution >= 0.6 is 23.4 Å². The van der Waals surface area contributed by atoms with Crippen LogP contribution in [0.4, 0.5) is 0 Å². The summed E-state index contributed by atoms with van der Waals surface area (Å²) in [5.41, 5.74) is 3.56. The van der Waals surface area contributed by atoms with Crippen LogP contribution in [0.25, 0.3) is 0 Å². The second kappa shape index (κ2) is 10.3. The molecule has 1 amide bonds. The second-order valence-corrected chi connectivity index (χ2v) is 8.98. The van der Waals surface area contributed by atoms with Crippen molar-refractivity contribution in [2.24, 2.45) is 0 Å². The van der Waals surface area contributed by atoms with Gasteiger partial charge in [0.05, 0.1) is 6.54 Å². The first-order chi connectivity index (χ1) is 13.6. The summed E-state index contributed by atoms with van der Waals surface area (Å²) in [5, 5.41) is 0.760. The second-order valence-electron chi connectivity index (χ2n) is 7.38. The zero-order valence-corrected chi connectivity index (χ0v) is 18.3. The smallest absolute Gasteiger partial charge is 0.237 e. The number of carbonyl (C=O) groups excluding carboxylic acids is 1. The predicted molar refractivity (Wildman–Crippen MR) is 120 cm³/mol. The molecule has 28 heavy (non-hydrogen) atoms. The van der Waals surface area contributed by atoms with Gasteiger partial charge in [-0.05, 0) is 31.5 Å². The summed E-state index contributed by atoms with van der Waals surface area (Å²) in [7, 11) is 0. The first kappa shape index (κ1) is 21.2. The first-order valence-corrected chi connectivity index (χ1v) is 11.4. The van der Waals surface area contributed by atoms with Gasteiger partial charge in [0.25, 0.3) is 0 Å². The zero-order chi connectivity index (χ0) is 19.9. The standard InChI is InChI=1S/C23H29ClN2OS/c1-3-4-13-25(16-19-11-9-18(2)10-12-19)17-22(27)26-14-15-28-23(26)20-7-5-6-8-21(20)24/h5-12,23H,3-4,13-17H2,1-2H3/t23-/m1/s1. The number of carbonyl (C=O) groups is 1. The molecule has 0 saturated carbocycles. The Morgan fingerprint density at radius 2 is 1.96 bits per heavy atom. The van der Waals surface area contributed by atoms with Crippen LogP contribution < -0.4 is 0 Å². The van der Waals surface area contributed by atoms with E-state index in [2.05, 4.69) is 43.0 Å². The monoisotopic (exact) mass is 416 g/mol. The molecule has 0 unspecified atom stereocenters. The predicted octanol–water partition coefficient (Wildman–Crippen LogP) is 5.52. The molecule has 0 aliphatic carbocycles. The summed E-state index contributed by atoms with van der Waals surface area (Å²) in [4.78, 5) is 17.5. The summed E-state index contributed by atoms with van der Waals surface area (Å²) in [5.74, 6) is 1.15.